The van der Waals surface area contributed by atoms with Crippen molar-refractivity contribution in [1.82, 2.24) is 10.2 Å². The molecule has 0 aliphatic heterocycles. The van der Waals surface area contributed by atoms with Gasteiger partial charge in [0.05, 0.1) is 6.10 Å². The Hall–Kier alpha value is -0.120. The molecule has 0 radical (unpaired) electrons. The van der Waals surface area contributed by atoms with Crippen molar-refractivity contribution in [2.45, 2.75) is 38.8 Å². The van der Waals surface area contributed by atoms with Crippen molar-refractivity contribution in [1.29, 1.82) is 0 Å². The van der Waals surface area contributed by atoms with Gasteiger partial charge in [0.15, 0.2) is 0 Å². The lowest BCUT2D eigenvalue weighted by atomic mass is 9.64. The summed E-state index contributed by atoms with van der Waals surface area (Å²) in [5.74, 6) is 0. The zero-order chi connectivity index (χ0) is 10.8. The Balaban J connectivity index is 2.09. The summed E-state index contributed by atoms with van der Waals surface area (Å²) in [6.45, 7) is 6.44. The first-order valence-corrected chi connectivity index (χ1v) is 5.50. The molecule has 2 atom stereocenters. The van der Waals surface area contributed by atoms with Crippen LogP contribution in [-0.4, -0.2) is 49.3 Å². The molecule has 0 heterocycles. The maximum atomic E-state index is 9.54. The first kappa shape index (κ1) is 12.0. The van der Waals surface area contributed by atoms with E-state index in [0.717, 1.165) is 19.5 Å². The predicted molar refractivity (Wildman–Crippen MR) is 59.4 cm³/mol. The van der Waals surface area contributed by atoms with E-state index < -0.39 is 0 Å². The van der Waals surface area contributed by atoms with E-state index in [2.05, 4.69) is 38.2 Å². The van der Waals surface area contributed by atoms with Crippen LogP contribution in [0, 0.1) is 5.41 Å². The second-order valence-electron chi connectivity index (χ2n) is 5.24. The van der Waals surface area contributed by atoms with Crippen molar-refractivity contribution in [2.24, 2.45) is 5.41 Å². The van der Waals surface area contributed by atoms with Gasteiger partial charge in [-0.25, -0.2) is 0 Å². The molecule has 0 spiro atoms. The number of hydrogen-bond donors (Lipinski definition) is 2. The summed E-state index contributed by atoms with van der Waals surface area (Å²) in [4.78, 5) is 2.20. The van der Waals surface area contributed by atoms with Crippen LogP contribution < -0.4 is 5.32 Å². The second kappa shape index (κ2) is 4.60. The lowest BCUT2D eigenvalue weighted by Gasteiger charge is -2.49. The molecule has 0 aromatic rings. The molecule has 14 heavy (non-hydrogen) atoms. The van der Waals surface area contributed by atoms with Crippen LogP contribution in [0.25, 0.3) is 0 Å². The summed E-state index contributed by atoms with van der Waals surface area (Å²) < 4.78 is 0. The number of aliphatic hydroxyl groups excluding tert-OH is 1. The maximum Gasteiger partial charge on any atom is 0.0621 e. The fourth-order valence-electron chi connectivity index (χ4n) is 1.92. The molecular formula is C11H24N2O. The predicted octanol–water partition coefficient (Wildman–Crippen LogP) is 0.687. The average molecular weight is 200 g/mol. The summed E-state index contributed by atoms with van der Waals surface area (Å²) in [6.07, 6.45) is 1.97. The Morgan fingerprint density at radius 2 is 2.07 bits per heavy atom. The van der Waals surface area contributed by atoms with Crippen LogP contribution in [-0.2, 0) is 0 Å². The average Bonchev–Trinajstić information content (AvgIpc) is 2.10. The lowest BCUT2D eigenvalue weighted by molar-refractivity contribution is -0.0723. The molecule has 84 valence electrons. The first-order valence-electron chi connectivity index (χ1n) is 5.50. The molecule has 1 rings (SSSR count). The second-order valence-corrected chi connectivity index (χ2v) is 5.24. The van der Waals surface area contributed by atoms with Crippen LogP contribution in [0.2, 0.25) is 0 Å². The molecule has 1 fully saturated rings. The van der Waals surface area contributed by atoms with Gasteiger partial charge in [-0.15, -0.1) is 0 Å². The highest BCUT2D eigenvalue weighted by Gasteiger charge is 2.46. The molecule has 0 aromatic carbocycles. The molecule has 2 unspecified atom stereocenters. The van der Waals surface area contributed by atoms with Crippen LogP contribution in [0.3, 0.4) is 0 Å². The Bertz CT molecular complexity index is 180. The van der Waals surface area contributed by atoms with Crippen LogP contribution in [0.5, 0.6) is 0 Å². The van der Waals surface area contributed by atoms with Crippen LogP contribution >= 0.6 is 0 Å². The zero-order valence-electron chi connectivity index (χ0n) is 9.88. The van der Waals surface area contributed by atoms with Gasteiger partial charge in [-0.2, -0.15) is 0 Å². The van der Waals surface area contributed by atoms with Crippen molar-refractivity contribution in [2.75, 3.05) is 27.2 Å². The van der Waals surface area contributed by atoms with E-state index in [9.17, 15) is 5.11 Å². The maximum absolute atomic E-state index is 9.54. The van der Waals surface area contributed by atoms with E-state index in [4.69, 9.17) is 0 Å². The fraction of sp³-hybridized carbons (Fsp3) is 1.00. The van der Waals surface area contributed by atoms with Gasteiger partial charge in [0.25, 0.3) is 0 Å². The molecule has 2 N–H and O–H groups in total. The molecule has 1 saturated carbocycles. The van der Waals surface area contributed by atoms with Gasteiger partial charge in [-0.1, -0.05) is 13.8 Å². The van der Waals surface area contributed by atoms with E-state index in [-0.39, 0.29) is 11.5 Å². The molecule has 1 aliphatic carbocycles. The van der Waals surface area contributed by atoms with Gasteiger partial charge >= 0.3 is 0 Å². The third-order valence-electron chi connectivity index (χ3n) is 3.39. The first-order chi connectivity index (χ1) is 6.44. The molecule has 0 amide bonds. The number of aliphatic hydroxyl groups is 1. The zero-order valence-corrected chi connectivity index (χ0v) is 9.88. The monoisotopic (exact) mass is 200 g/mol. The minimum absolute atomic E-state index is 0.0676. The van der Waals surface area contributed by atoms with Crippen molar-refractivity contribution in [3.8, 4) is 0 Å². The van der Waals surface area contributed by atoms with Crippen LogP contribution in [0.4, 0.5) is 0 Å². The minimum atomic E-state index is -0.117. The van der Waals surface area contributed by atoms with Crippen LogP contribution in [0.15, 0.2) is 0 Å². The number of nitrogens with one attached hydrogen (secondary N) is 1. The van der Waals surface area contributed by atoms with Gasteiger partial charge in [-0.3, -0.25) is 0 Å². The smallest absolute Gasteiger partial charge is 0.0621 e. The molecule has 0 bridgehead atoms. The summed E-state index contributed by atoms with van der Waals surface area (Å²) in [7, 11) is 4.19. The Morgan fingerprint density at radius 3 is 2.50 bits per heavy atom. The van der Waals surface area contributed by atoms with E-state index >= 15 is 0 Å². The molecular weight excluding hydrogens is 176 g/mol. The van der Waals surface area contributed by atoms with E-state index in [1.807, 2.05) is 0 Å². The largest absolute Gasteiger partial charge is 0.392 e. The summed E-state index contributed by atoms with van der Waals surface area (Å²) in [5.41, 5.74) is 0.0676. The molecule has 0 saturated heterocycles. The summed E-state index contributed by atoms with van der Waals surface area (Å²) in [6, 6.07) is 0.500. The SMILES string of the molecule is CN(C)CCCNC1CC(O)C1(C)C. The van der Waals surface area contributed by atoms with Gasteiger partial charge in [0.1, 0.15) is 0 Å². The minimum Gasteiger partial charge on any atom is -0.392 e. The topological polar surface area (TPSA) is 35.5 Å². The highest BCUT2D eigenvalue weighted by atomic mass is 16.3. The van der Waals surface area contributed by atoms with Crippen molar-refractivity contribution < 1.29 is 5.11 Å². The highest BCUT2D eigenvalue weighted by Crippen LogP contribution is 2.40. The third-order valence-corrected chi connectivity index (χ3v) is 3.39. The fourth-order valence-corrected chi connectivity index (χ4v) is 1.92. The number of rotatable bonds is 5. The quantitative estimate of drug-likeness (QED) is 0.641. The van der Waals surface area contributed by atoms with Crippen molar-refractivity contribution >= 4 is 0 Å². The molecule has 0 aromatic heterocycles. The molecule has 3 heteroatoms. The van der Waals surface area contributed by atoms with Gasteiger partial charge < -0.3 is 15.3 Å². The third kappa shape index (κ3) is 2.69. The normalized spacial score (nSPS) is 30.4. The Labute approximate surface area is 87.5 Å². The van der Waals surface area contributed by atoms with Gasteiger partial charge in [0, 0.05) is 11.5 Å². The van der Waals surface area contributed by atoms with Crippen molar-refractivity contribution in [3.05, 3.63) is 0 Å². The van der Waals surface area contributed by atoms with Gasteiger partial charge in [-0.05, 0) is 40.0 Å². The van der Waals surface area contributed by atoms with E-state index in [1.54, 1.807) is 0 Å². The highest BCUT2D eigenvalue weighted by molar-refractivity contribution is 5.01. The van der Waals surface area contributed by atoms with Crippen molar-refractivity contribution in [3.63, 3.8) is 0 Å². The standard InChI is InChI=1S/C11H24N2O/c1-11(2)9(8-10(11)14)12-6-5-7-13(3)4/h9-10,12,14H,5-8H2,1-4H3. The lowest BCUT2D eigenvalue weighted by Crippen LogP contribution is -2.60. The van der Waals surface area contributed by atoms with E-state index in [1.165, 1.54) is 6.42 Å². The number of nitrogens with zero attached hydrogens (tertiary/aromatic N) is 1. The molecule has 1 aliphatic rings. The number of hydrogen-bond acceptors (Lipinski definition) is 3. The van der Waals surface area contributed by atoms with Gasteiger partial charge in [0.2, 0.25) is 0 Å². The Morgan fingerprint density at radius 1 is 1.43 bits per heavy atom. The summed E-state index contributed by atoms with van der Waals surface area (Å²) >= 11 is 0. The van der Waals surface area contributed by atoms with E-state index in [0.29, 0.717) is 6.04 Å². The molecule has 3 nitrogen and oxygen atoms in total. The Kier molecular flexibility index (Phi) is 3.93. The van der Waals surface area contributed by atoms with Crippen LogP contribution in [0.1, 0.15) is 26.7 Å². The summed E-state index contributed by atoms with van der Waals surface area (Å²) in [5, 5.41) is 13.1.